The van der Waals surface area contributed by atoms with E-state index in [1.165, 1.54) is 10.4 Å². The molecule has 0 saturated carbocycles. The van der Waals surface area contributed by atoms with Gasteiger partial charge in [0.2, 0.25) is 0 Å². The summed E-state index contributed by atoms with van der Waals surface area (Å²) in [6.45, 7) is -2.27. The Bertz CT molecular complexity index is 2560. The van der Waals surface area contributed by atoms with Crippen LogP contribution in [0.1, 0.15) is 9.68 Å². The van der Waals surface area contributed by atoms with E-state index < -0.39 is 14.9 Å². The number of pyridine rings is 1. The summed E-state index contributed by atoms with van der Waals surface area (Å²) < 4.78 is 26.4. The molecule has 1 aliphatic heterocycles. The van der Waals surface area contributed by atoms with Crippen LogP contribution in [0.5, 0.6) is 0 Å². The van der Waals surface area contributed by atoms with Gasteiger partial charge in [-0.15, -0.1) is 21.6 Å². The second kappa shape index (κ2) is 12.9. The molecule has 2 aromatic heterocycles. The molecule has 0 amide bonds. The van der Waals surface area contributed by atoms with Crippen LogP contribution in [0.25, 0.3) is 27.6 Å². The van der Waals surface area contributed by atoms with Crippen molar-refractivity contribution >= 4 is 67.7 Å². The number of hydrogen-bond donors (Lipinski definition) is 0. The van der Waals surface area contributed by atoms with Crippen molar-refractivity contribution in [1.29, 1.82) is 0 Å². The fourth-order valence-electron chi connectivity index (χ4n) is 7.32. The molecule has 0 saturated heterocycles. The van der Waals surface area contributed by atoms with E-state index in [0.29, 0.717) is 5.82 Å². The summed E-state index contributed by atoms with van der Waals surface area (Å²) in [5, 5.41) is 10.4. The van der Waals surface area contributed by atoms with E-state index in [-0.39, 0.29) is 26.6 Å². The summed E-state index contributed by atoms with van der Waals surface area (Å²) in [7, 11) is -1.18. The fourth-order valence-corrected chi connectivity index (χ4v) is 11.9. The molecule has 3 heterocycles. The Kier molecular flexibility index (Phi) is 7.36. The second-order valence-electron chi connectivity index (χ2n) is 12.2. The number of rotatable bonds is 6. The zero-order valence-electron chi connectivity index (χ0n) is 30.1. The molecule has 9 rings (SSSR count). The molecular weight excluding hydrogens is 812 g/mol. The average Bonchev–Trinajstić information content (AvgIpc) is 3.70. The van der Waals surface area contributed by atoms with Crippen LogP contribution in [0.4, 0.5) is 17.1 Å². The van der Waals surface area contributed by atoms with Crippen molar-refractivity contribution in [3.8, 4) is 5.82 Å². The van der Waals surface area contributed by atoms with Gasteiger partial charge in [-0.1, -0.05) is 96.5 Å². The largest absolute Gasteiger partial charge is 0.319 e. The van der Waals surface area contributed by atoms with Gasteiger partial charge in [-0.3, -0.25) is 0 Å². The number of benzene rings is 6. The number of hydrogen-bond acceptors (Lipinski definition) is 3. The van der Waals surface area contributed by atoms with Gasteiger partial charge in [0.1, 0.15) is 25.3 Å². The van der Waals surface area contributed by atoms with Gasteiger partial charge < -0.3 is 4.57 Å². The predicted molar refractivity (Wildman–Crippen MR) is 203 cm³/mol. The van der Waals surface area contributed by atoms with Crippen molar-refractivity contribution < 1.29 is 30.1 Å². The summed E-state index contributed by atoms with van der Waals surface area (Å²) in [5.41, 5.74) is 4.87. The molecule has 0 atom stereocenters. The first-order chi connectivity index (χ1) is 25.3. The van der Waals surface area contributed by atoms with Gasteiger partial charge in [-0.25, -0.2) is 4.98 Å². The fraction of sp³-hybridized carbons (Fsp3) is 0.0465. The van der Waals surface area contributed by atoms with E-state index in [0.717, 1.165) is 49.2 Å². The second-order valence-corrected chi connectivity index (χ2v) is 16.0. The molecule has 0 fully saturated rings. The predicted octanol–water partition coefficient (Wildman–Crippen LogP) is 6.89. The SMILES string of the molecule is [2H]C([2H])([2H])c1ccnc(-n2c3[c-]c([Si](c4[c-]c(N5[OH+]N(C)c6ccccc65)ccc4)(c4ccccc4)c4ccccc4)ccc3c3ccccc32)c1.[Pt]. The van der Waals surface area contributed by atoms with Gasteiger partial charge in [0.15, 0.2) is 0 Å². The third-order valence-corrected chi connectivity index (χ3v) is 14.1. The van der Waals surface area contributed by atoms with E-state index in [1.807, 2.05) is 41.4 Å². The molecule has 0 aliphatic carbocycles. The van der Waals surface area contributed by atoms with Crippen LogP contribution in [-0.4, -0.2) is 29.6 Å². The van der Waals surface area contributed by atoms with Crippen molar-refractivity contribution in [2.24, 2.45) is 0 Å². The smallest absolute Gasteiger partial charge is 0.145 e. The third kappa shape index (κ3) is 5.02. The molecule has 50 heavy (non-hydrogen) atoms. The Morgan fingerprint density at radius 1 is 0.660 bits per heavy atom. The molecule has 0 radical (unpaired) electrons. The maximum Gasteiger partial charge on any atom is 0.145 e. The van der Waals surface area contributed by atoms with Crippen molar-refractivity contribution in [1.82, 2.24) is 9.55 Å². The van der Waals surface area contributed by atoms with Crippen molar-refractivity contribution in [3.63, 3.8) is 0 Å². The maximum absolute atomic E-state index is 8.13. The number of fused-ring (bicyclic) bond motifs is 4. The minimum absolute atomic E-state index is 0. The monoisotopic (exact) mass is 847 g/mol. The topological polar surface area (TPSA) is 37.1 Å². The van der Waals surface area contributed by atoms with Gasteiger partial charge in [-0.05, 0) is 58.5 Å². The van der Waals surface area contributed by atoms with Crippen LogP contribution in [-0.2, 0) is 21.1 Å². The number of anilines is 3. The first-order valence-electron chi connectivity index (χ1n) is 17.8. The average molecular weight is 848 g/mol. The van der Waals surface area contributed by atoms with Gasteiger partial charge in [0.05, 0.1) is 7.05 Å². The number of nitrogens with zero attached hydrogens (tertiary/aromatic N) is 4. The standard InChI is InChI=1S/C43H32N4OSi.Pt/c1-31-26-27-44-43(28-31)46-39-21-10-9-20-37(39)38-25-24-36(30-42(38)46)49(33-15-5-3-6-16-33,34-17-7-4-8-18-34)35-19-13-14-32(29-35)47-41-23-12-11-22-40(41)45(2)48-47;/h3-28H,1-2H3;/q-2;/p+1/i1D3;. The number of aromatic nitrogens is 2. The molecule has 0 spiro atoms. The van der Waals surface area contributed by atoms with Crippen LogP contribution in [0.2, 0.25) is 0 Å². The van der Waals surface area contributed by atoms with E-state index >= 15 is 0 Å². The molecule has 7 heteroatoms. The zero-order chi connectivity index (χ0) is 35.5. The van der Waals surface area contributed by atoms with Crippen LogP contribution in [0.3, 0.4) is 0 Å². The minimum atomic E-state index is -3.14. The van der Waals surface area contributed by atoms with E-state index in [9.17, 15) is 0 Å². The Hall–Kier alpha value is -5.26. The molecule has 1 N–H and O–H groups in total. The van der Waals surface area contributed by atoms with Crippen LogP contribution in [0, 0.1) is 19.0 Å². The molecule has 0 bridgehead atoms. The molecular formula is C43H33N4OPtSi-. The third-order valence-electron chi connectivity index (χ3n) is 9.47. The van der Waals surface area contributed by atoms with Crippen LogP contribution < -0.4 is 30.9 Å². The summed E-state index contributed by atoms with van der Waals surface area (Å²) in [6.07, 6.45) is 1.58. The van der Waals surface area contributed by atoms with E-state index in [2.05, 4.69) is 132 Å². The van der Waals surface area contributed by atoms with Crippen molar-refractivity contribution in [3.05, 3.63) is 176 Å². The van der Waals surface area contributed by atoms with Crippen LogP contribution >= 0.6 is 0 Å². The molecule has 8 aromatic rings. The molecule has 5 nitrogen and oxygen atoms in total. The van der Waals surface area contributed by atoms with Crippen molar-refractivity contribution in [2.75, 3.05) is 17.2 Å². The van der Waals surface area contributed by atoms with Gasteiger partial charge in [0, 0.05) is 42.6 Å². The Morgan fingerprint density at radius 2 is 1.34 bits per heavy atom. The summed E-state index contributed by atoms with van der Waals surface area (Å²) in [6, 6.07) is 59.6. The zero-order valence-corrected chi connectivity index (χ0v) is 30.3. The Labute approximate surface area is 311 Å². The maximum atomic E-state index is 8.13. The molecule has 0 unspecified atom stereocenters. The minimum Gasteiger partial charge on any atom is -0.319 e. The van der Waals surface area contributed by atoms with Gasteiger partial charge in [0.25, 0.3) is 0 Å². The van der Waals surface area contributed by atoms with Crippen molar-refractivity contribution in [2.45, 2.75) is 6.85 Å². The van der Waals surface area contributed by atoms with Gasteiger partial charge >= 0.3 is 0 Å². The number of para-hydroxylation sites is 3. The molecule has 6 aromatic carbocycles. The normalized spacial score (nSPS) is 13.8. The van der Waals surface area contributed by atoms with E-state index in [1.54, 1.807) is 18.3 Å². The first kappa shape index (κ1) is 28.6. The van der Waals surface area contributed by atoms with Gasteiger partial charge in [-0.2, -0.15) is 51.7 Å². The number of aryl methyl sites for hydroxylation is 1. The summed E-state index contributed by atoms with van der Waals surface area (Å²) in [5.74, 6) is 0.534. The molecule has 1 aliphatic rings. The van der Waals surface area contributed by atoms with Crippen LogP contribution in [0.15, 0.2) is 158 Å². The summed E-state index contributed by atoms with van der Waals surface area (Å²) in [4.78, 5) is 9.62. The number of hydroxylamine groups is 1. The Balaban J connectivity index is 0.00000400. The Morgan fingerprint density at radius 3 is 2.10 bits per heavy atom. The summed E-state index contributed by atoms with van der Waals surface area (Å²) >= 11 is 0. The molecule has 246 valence electrons. The first-order valence-corrected chi connectivity index (χ1v) is 18.3. The quantitative estimate of drug-likeness (QED) is 0.0793. The van der Waals surface area contributed by atoms with E-state index in [4.69, 9.17) is 14.0 Å².